The van der Waals surface area contributed by atoms with Crippen LogP contribution in [0.2, 0.25) is 0 Å². The summed E-state index contributed by atoms with van der Waals surface area (Å²) >= 11 is 0. The molecular weight excluding hydrogens is 255 g/mol. The SMILES string of the molecule is FCC(=C(CF)c1ccccc1CF)c1ncco1. The lowest BCUT2D eigenvalue weighted by atomic mass is 9.97. The monoisotopic (exact) mass is 267 g/mol. The summed E-state index contributed by atoms with van der Waals surface area (Å²) in [4.78, 5) is 3.81. The molecule has 0 bridgehead atoms. The Morgan fingerprint density at radius 3 is 2.37 bits per heavy atom. The summed E-state index contributed by atoms with van der Waals surface area (Å²) in [5, 5.41) is 0. The first-order valence-corrected chi connectivity index (χ1v) is 5.69. The largest absolute Gasteiger partial charge is 0.445 e. The predicted octanol–water partition coefficient (Wildman–Crippen LogP) is 3.99. The minimum Gasteiger partial charge on any atom is -0.445 e. The van der Waals surface area contributed by atoms with E-state index in [1.165, 1.54) is 18.5 Å². The molecule has 0 aliphatic carbocycles. The fourth-order valence-electron chi connectivity index (χ4n) is 1.89. The molecule has 0 aliphatic heterocycles. The van der Waals surface area contributed by atoms with Crippen LogP contribution in [0, 0.1) is 0 Å². The number of benzene rings is 1. The zero-order chi connectivity index (χ0) is 13.7. The van der Waals surface area contributed by atoms with Gasteiger partial charge in [-0.15, -0.1) is 0 Å². The van der Waals surface area contributed by atoms with Crippen molar-refractivity contribution in [1.82, 2.24) is 4.98 Å². The van der Waals surface area contributed by atoms with Gasteiger partial charge in [-0.3, -0.25) is 0 Å². The molecule has 100 valence electrons. The predicted molar refractivity (Wildman–Crippen MR) is 66.5 cm³/mol. The van der Waals surface area contributed by atoms with Gasteiger partial charge in [0.15, 0.2) is 0 Å². The number of halogens is 3. The van der Waals surface area contributed by atoms with Crippen LogP contribution in [0.5, 0.6) is 0 Å². The molecule has 2 nitrogen and oxygen atoms in total. The van der Waals surface area contributed by atoms with Crippen LogP contribution in [-0.2, 0) is 6.67 Å². The van der Waals surface area contributed by atoms with Crippen LogP contribution in [-0.4, -0.2) is 18.3 Å². The van der Waals surface area contributed by atoms with E-state index in [-0.39, 0.29) is 17.0 Å². The molecule has 0 saturated heterocycles. The summed E-state index contributed by atoms with van der Waals surface area (Å²) in [6.07, 6.45) is 2.63. The van der Waals surface area contributed by atoms with Gasteiger partial charge in [-0.2, -0.15) is 0 Å². The lowest BCUT2D eigenvalue weighted by Gasteiger charge is -2.11. The van der Waals surface area contributed by atoms with E-state index >= 15 is 0 Å². The Labute approximate surface area is 108 Å². The summed E-state index contributed by atoms with van der Waals surface area (Å²) in [7, 11) is 0. The zero-order valence-electron chi connectivity index (χ0n) is 10.1. The Balaban J connectivity index is 2.59. The van der Waals surface area contributed by atoms with Crippen molar-refractivity contribution in [2.24, 2.45) is 0 Å². The van der Waals surface area contributed by atoms with Gasteiger partial charge < -0.3 is 4.42 Å². The quantitative estimate of drug-likeness (QED) is 0.818. The van der Waals surface area contributed by atoms with E-state index in [0.717, 1.165) is 0 Å². The molecule has 5 heteroatoms. The number of oxazole rings is 1. The van der Waals surface area contributed by atoms with Crippen molar-refractivity contribution < 1.29 is 17.6 Å². The van der Waals surface area contributed by atoms with Crippen LogP contribution in [0.1, 0.15) is 17.0 Å². The van der Waals surface area contributed by atoms with Gasteiger partial charge in [-0.1, -0.05) is 24.3 Å². The number of allylic oxidation sites excluding steroid dienone is 2. The molecular formula is C14H12F3NO. The molecule has 0 spiro atoms. The molecule has 19 heavy (non-hydrogen) atoms. The summed E-state index contributed by atoms with van der Waals surface area (Å²) < 4.78 is 44.3. The van der Waals surface area contributed by atoms with Crippen LogP contribution < -0.4 is 0 Å². The van der Waals surface area contributed by atoms with Crippen molar-refractivity contribution in [3.63, 3.8) is 0 Å². The Morgan fingerprint density at radius 1 is 1.05 bits per heavy atom. The van der Waals surface area contributed by atoms with Crippen molar-refractivity contribution in [1.29, 1.82) is 0 Å². The van der Waals surface area contributed by atoms with Crippen LogP contribution in [0.25, 0.3) is 11.1 Å². The summed E-state index contributed by atoms with van der Waals surface area (Å²) in [5.41, 5.74) is 0.734. The number of hydrogen-bond donors (Lipinski definition) is 0. The second kappa shape index (κ2) is 6.22. The van der Waals surface area contributed by atoms with Gasteiger partial charge >= 0.3 is 0 Å². The van der Waals surface area contributed by atoms with Gasteiger partial charge in [0.05, 0.1) is 11.8 Å². The maximum absolute atomic E-state index is 13.3. The van der Waals surface area contributed by atoms with E-state index in [1.807, 2.05) is 0 Å². The van der Waals surface area contributed by atoms with Crippen LogP contribution >= 0.6 is 0 Å². The van der Waals surface area contributed by atoms with Gasteiger partial charge in [0, 0.05) is 5.57 Å². The van der Waals surface area contributed by atoms with Gasteiger partial charge in [0.2, 0.25) is 5.89 Å². The molecule has 0 radical (unpaired) electrons. The summed E-state index contributed by atoms with van der Waals surface area (Å²) in [6.45, 7) is -2.59. The van der Waals surface area contributed by atoms with E-state index in [0.29, 0.717) is 11.1 Å². The second-order valence-electron chi connectivity index (χ2n) is 3.85. The van der Waals surface area contributed by atoms with Crippen LogP contribution in [0.4, 0.5) is 13.2 Å². The molecule has 2 aromatic rings. The lowest BCUT2D eigenvalue weighted by molar-refractivity contribution is 0.483. The Kier molecular flexibility index (Phi) is 4.39. The first-order chi connectivity index (χ1) is 9.31. The smallest absolute Gasteiger partial charge is 0.224 e. The van der Waals surface area contributed by atoms with E-state index in [2.05, 4.69) is 4.98 Å². The van der Waals surface area contributed by atoms with Crippen molar-refractivity contribution >= 4 is 11.1 Å². The fraction of sp³-hybridized carbons (Fsp3) is 0.214. The maximum Gasteiger partial charge on any atom is 0.224 e. The molecule has 0 aliphatic rings. The Hall–Kier alpha value is -2.04. The van der Waals surface area contributed by atoms with Gasteiger partial charge in [0.25, 0.3) is 0 Å². The molecule has 0 atom stereocenters. The number of aromatic nitrogens is 1. The molecule has 0 unspecified atom stereocenters. The first kappa shape index (κ1) is 13.4. The molecule has 0 saturated carbocycles. The highest BCUT2D eigenvalue weighted by Crippen LogP contribution is 2.29. The normalized spacial score (nSPS) is 12.4. The topological polar surface area (TPSA) is 26.0 Å². The molecule has 1 aromatic heterocycles. The average molecular weight is 267 g/mol. The molecule has 0 N–H and O–H groups in total. The summed E-state index contributed by atoms with van der Waals surface area (Å²) in [6, 6.07) is 6.39. The number of rotatable bonds is 5. The number of alkyl halides is 3. The number of hydrogen-bond acceptors (Lipinski definition) is 2. The second-order valence-corrected chi connectivity index (χ2v) is 3.85. The zero-order valence-corrected chi connectivity index (χ0v) is 10.1. The van der Waals surface area contributed by atoms with Crippen molar-refractivity contribution in [3.05, 3.63) is 53.7 Å². The summed E-state index contributed by atoms with van der Waals surface area (Å²) in [5.74, 6) is 0.0174. The minimum absolute atomic E-state index is 0.00778. The van der Waals surface area contributed by atoms with Crippen LogP contribution in [0.3, 0.4) is 0 Å². The molecule has 0 amide bonds. The minimum atomic E-state index is -0.930. The molecule has 2 rings (SSSR count). The van der Waals surface area contributed by atoms with Crippen molar-refractivity contribution in [2.45, 2.75) is 6.67 Å². The number of nitrogens with zero attached hydrogens (tertiary/aromatic N) is 1. The van der Waals surface area contributed by atoms with Gasteiger partial charge in [-0.05, 0) is 11.1 Å². The maximum atomic E-state index is 13.3. The third-order valence-corrected chi connectivity index (χ3v) is 2.81. The van der Waals surface area contributed by atoms with Crippen LogP contribution in [0.15, 0.2) is 41.1 Å². The average Bonchev–Trinajstić information content (AvgIpc) is 2.98. The highest BCUT2D eigenvalue weighted by molar-refractivity contribution is 5.90. The van der Waals surface area contributed by atoms with E-state index in [1.54, 1.807) is 18.2 Å². The standard InChI is InChI=1S/C14H12F3NO/c15-7-10-3-1-2-4-11(10)12(8-16)13(9-17)14-18-5-6-19-14/h1-6H,7-9H2. The fourth-order valence-corrected chi connectivity index (χ4v) is 1.89. The Morgan fingerprint density at radius 2 is 1.79 bits per heavy atom. The van der Waals surface area contributed by atoms with Crippen molar-refractivity contribution in [3.8, 4) is 0 Å². The van der Waals surface area contributed by atoms with E-state index in [9.17, 15) is 13.2 Å². The van der Waals surface area contributed by atoms with Gasteiger partial charge in [-0.25, -0.2) is 18.2 Å². The first-order valence-electron chi connectivity index (χ1n) is 5.69. The molecule has 1 heterocycles. The highest BCUT2D eigenvalue weighted by Gasteiger charge is 2.17. The van der Waals surface area contributed by atoms with Gasteiger partial charge in [0.1, 0.15) is 26.3 Å². The third kappa shape index (κ3) is 2.70. The van der Waals surface area contributed by atoms with Crippen molar-refractivity contribution in [2.75, 3.05) is 13.3 Å². The highest BCUT2D eigenvalue weighted by atomic mass is 19.1. The molecule has 1 aromatic carbocycles. The third-order valence-electron chi connectivity index (χ3n) is 2.81. The van der Waals surface area contributed by atoms with E-state index < -0.39 is 20.0 Å². The molecule has 0 fully saturated rings. The van der Waals surface area contributed by atoms with E-state index in [4.69, 9.17) is 4.42 Å². The Bertz CT molecular complexity index is 564. The lowest BCUT2D eigenvalue weighted by Crippen LogP contribution is -2.00.